The number of nitrogens with zero attached hydrogens (tertiary/aromatic N) is 6. The Hall–Kier alpha value is -4.15. The predicted molar refractivity (Wildman–Crippen MR) is 120 cm³/mol. The molecule has 0 bridgehead atoms. The molecule has 0 aromatic carbocycles. The van der Waals surface area contributed by atoms with Gasteiger partial charge in [0.2, 0.25) is 11.9 Å². The zero-order valence-electron chi connectivity index (χ0n) is 18.8. The van der Waals surface area contributed by atoms with Crippen LogP contribution in [0.3, 0.4) is 0 Å². The first-order valence-corrected chi connectivity index (χ1v) is 10.3. The van der Waals surface area contributed by atoms with E-state index in [-0.39, 0.29) is 36.5 Å². The van der Waals surface area contributed by atoms with Crippen molar-refractivity contribution in [2.75, 3.05) is 62.6 Å². The molecule has 178 valence electrons. The zero-order chi connectivity index (χ0) is 24.5. The van der Waals surface area contributed by atoms with Crippen LogP contribution in [0, 0.1) is 11.3 Å². The fourth-order valence-electron chi connectivity index (χ4n) is 3.05. The number of ether oxygens (including phenoxy) is 2. The van der Waals surface area contributed by atoms with Gasteiger partial charge in [0.1, 0.15) is 24.2 Å². The molecule has 0 saturated carbocycles. The zero-order valence-corrected chi connectivity index (χ0v) is 18.8. The number of rotatable bonds is 9. The average molecular weight is 468 g/mol. The third-order valence-electron chi connectivity index (χ3n) is 4.93. The van der Waals surface area contributed by atoms with E-state index >= 15 is 0 Å². The van der Waals surface area contributed by atoms with Crippen LogP contribution < -0.4 is 15.5 Å². The Balaban J connectivity index is 1.71. The highest BCUT2D eigenvalue weighted by molar-refractivity contribution is 6.00. The van der Waals surface area contributed by atoms with Crippen LogP contribution in [0.4, 0.5) is 22.2 Å². The minimum atomic E-state index is -0.604. The van der Waals surface area contributed by atoms with Crippen molar-refractivity contribution in [1.82, 2.24) is 19.9 Å². The van der Waals surface area contributed by atoms with Gasteiger partial charge in [0.25, 0.3) is 0 Å². The van der Waals surface area contributed by atoms with Crippen molar-refractivity contribution in [2.45, 2.75) is 6.54 Å². The molecule has 0 spiro atoms. The number of urea groups is 1. The number of nitrogens with one attached hydrogen (secondary N) is 2. The Morgan fingerprint density at radius 2 is 2.24 bits per heavy atom. The summed E-state index contributed by atoms with van der Waals surface area (Å²) in [6.45, 7) is 1.88. The predicted octanol–water partition coefficient (Wildman–Crippen LogP) is 0.641. The molecule has 3 heterocycles. The molecule has 1 saturated heterocycles. The smallest absolute Gasteiger partial charge is 0.329 e. The van der Waals surface area contributed by atoms with Crippen LogP contribution in [0.2, 0.25) is 0 Å². The Bertz CT molecular complexity index is 1100. The van der Waals surface area contributed by atoms with Crippen LogP contribution >= 0.6 is 0 Å². The molecule has 13 heteroatoms. The summed E-state index contributed by atoms with van der Waals surface area (Å²) in [7, 11) is 3.00. The van der Waals surface area contributed by atoms with E-state index in [0.29, 0.717) is 49.4 Å². The van der Waals surface area contributed by atoms with E-state index < -0.39 is 6.03 Å². The fourth-order valence-corrected chi connectivity index (χ4v) is 3.05. The molecule has 2 N–H and O–H groups in total. The first-order valence-electron chi connectivity index (χ1n) is 10.3. The minimum Gasteiger partial charge on any atom is -0.383 e. The number of pyridine rings is 1. The number of anilines is 3. The number of morpholine rings is 1. The van der Waals surface area contributed by atoms with Crippen LogP contribution in [0.1, 0.15) is 21.6 Å². The largest absolute Gasteiger partial charge is 0.383 e. The lowest BCUT2D eigenvalue weighted by Crippen LogP contribution is -2.41. The summed E-state index contributed by atoms with van der Waals surface area (Å²) in [6, 6.07) is 2.95. The fraction of sp³-hybridized carbons (Fsp3) is 0.381. The Kier molecular flexibility index (Phi) is 8.38. The van der Waals surface area contributed by atoms with Gasteiger partial charge in [0.05, 0.1) is 24.5 Å². The molecule has 2 aromatic heterocycles. The van der Waals surface area contributed by atoms with E-state index in [4.69, 9.17) is 9.47 Å². The topological polar surface area (TPSA) is 163 Å². The number of aromatic nitrogens is 3. The number of carbonyl (C=O) groups excluding carboxylic acids is 3. The van der Waals surface area contributed by atoms with E-state index in [1.54, 1.807) is 12.0 Å². The van der Waals surface area contributed by atoms with Gasteiger partial charge in [0.15, 0.2) is 6.29 Å². The van der Waals surface area contributed by atoms with Crippen LogP contribution in [0.15, 0.2) is 18.5 Å². The summed E-state index contributed by atoms with van der Waals surface area (Å²) in [5.74, 6) is 0.00670. The maximum absolute atomic E-state index is 12.7. The van der Waals surface area contributed by atoms with Gasteiger partial charge < -0.3 is 19.7 Å². The molecule has 0 radical (unpaired) electrons. The molecule has 34 heavy (non-hydrogen) atoms. The maximum atomic E-state index is 12.7. The van der Waals surface area contributed by atoms with Crippen LogP contribution in [0.5, 0.6) is 0 Å². The Morgan fingerprint density at radius 1 is 1.41 bits per heavy atom. The van der Waals surface area contributed by atoms with Crippen molar-refractivity contribution in [3.05, 3.63) is 35.3 Å². The summed E-state index contributed by atoms with van der Waals surface area (Å²) in [4.78, 5) is 51.4. The lowest BCUT2D eigenvalue weighted by atomic mass is 10.2. The molecular weight excluding hydrogens is 444 g/mol. The highest BCUT2D eigenvalue weighted by Gasteiger charge is 2.22. The number of carbonyl (C=O) groups is 3. The SMILES string of the molecule is COCCNc1cc(NC(=O)N(C)c2ncc(CN3CCOCC3=O)c(C=O)n2)ncc1C#N. The molecule has 0 unspecified atom stereocenters. The van der Waals surface area contributed by atoms with Crippen molar-refractivity contribution in [3.8, 4) is 6.07 Å². The second-order valence-electron chi connectivity index (χ2n) is 7.20. The number of methoxy groups -OCH3 is 1. The first-order chi connectivity index (χ1) is 16.5. The average Bonchev–Trinajstić information content (AvgIpc) is 2.85. The van der Waals surface area contributed by atoms with Crippen molar-refractivity contribution >= 4 is 35.7 Å². The number of hydrogen-bond donors (Lipinski definition) is 2. The summed E-state index contributed by atoms with van der Waals surface area (Å²) in [5, 5.41) is 14.9. The van der Waals surface area contributed by atoms with Crippen molar-refractivity contribution in [3.63, 3.8) is 0 Å². The number of hydrogen-bond acceptors (Lipinski definition) is 10. The molecule has 13 nitrogen and oxygen atoms in total. The summed E-state index contributed by atoms with van der Waals surface area (Å²) < 4.78 is 10.1. The highest BCUT2D eigenvalue weighted by Crippen LogP contribution is 2.19. The molecule has 1 aliphatic rings. The Labute approximate surface area is 195 Å². The van der Waals surface area contributed by atoms with Gasteiger partial charge in [-0.3, -0.25) is 19.8 Å². The second kappa shape index (κ2) is 11.6. The van der Waals surface area contributed by atoms with E-state index in [9.17, 15) is 19.6 Å². The van der Waals surface area contributed by atoms with Crippen LogP contribution in [0.25, 0.3) is 0 Å². The summed E-state index contributed by atoms with van der Waals surface area (Å²) in [6.07, 6.45) is 3.31. The number of aldehydes is 1. The monoisotopic (exact) mass is 468 g/mol. The highest BCUT2D eigenvalue weighted by atomic mass is 16.5. The summed E-state index contributed by atoms with van der Waals surface area (Å²) in [5.41, 5.74) is 1.35. The van der Waals surface area contributed by atoms with Crippen molar-refractivity contribution in [2.24, 2.45) is 0 Å². The molecule has 2 aromatic rings. The van der Waals surface area contributed by atoms with Gasteiger partial charge in [-0.1, -0.05) is 0 Å². The van der Waals surface area contributed by atoms with Gasteiger partial charge in [-0.25, -0.2) is 19.7 Å². The van der Waals surface area contributed by atoms with Gasteiger partial charge in [-0.2, -0.15) is 5.26 Å². The lowest BCUT2D eigenvalue weighted by Gasteiger charge is -2.27. The molecule has 1 aliphatic heterocycles. The van der Waals surface area contributed by atoms with Crippen molar-refractivity contribution in [1.29, 1.82) is 5.26 Å². The third kappa shape index (κ3) is 6.00. The number of nitriles is 1. The van der Waals surface area contributed by atoms with Crippen LogP contribution in [-0.4, -0.2) is 85.1 Å². The molecule has 1 fully saturated rings. The van der Waals surface area contributed by atoms with E-state index in [0.717, 1.165) is 4.90 Å². The maximum Gasteiger partial charge on any atom is 0.329 e. The van der Waals surface area contributed by atoms with Crippen molar-refractivity contribution < 1.29 is 23.9 Å². The molecule has 3 amide bonds. The van der Waals surface area contributed by atoms with E-state index in [1.807, 2.05) is 6.07 Å². The van der Waals surface area contributed by atoms with Gasteiger partial charge in [-0.15, -0.1) is 0 Å². The molecule has 0 aliphatic carbocycles. The Morgan fingerprint density at radius 3 is 2.94 bits per heavy atom. The minimum absolute atomic E-state index is 0.00866. The van der Waals surface area contributed by atoms with Gasteiger partial charge >= 0.3 is 6.03 Å². The standard InChI is InChI=1S/C21H24N8O5/c1-28(21(32)27-18-7-16(23-3-5-33-2)14(8-22)9-24-18)20-25-10-15(17(12-30)26-20)11-29-4-6-34-13-19(29)31/h7,9-10,12H,3-6,11,13H2,1-2H3,(H2,23,24,27,32). The van der Waals surface area contributed by atoms with Gasteiger partial charge in [-0.05, 0) is 0 Å². The first kappa shape index (κ1) is 24.5. The van der Waals surface area contributed by atoms with Crippen LogP contribution in [-0.2, 0) is 20.8 Å². The van der Waals surface area contributed by atoms with Gasteiger partial charge in [0, 0.05) is 57.8 Å². The number of amides is 3. The normalized spacial score (nSPS) is 13.2. The summed E-state index contributed by atoms with van der Waals surface area (Å²) >= 11 is 0. The van der Waals surface area contributed by atoms with E-state index in [1.165, 1.54) is 25.5 Å². The quantitative estimate of drug-likeness (QED) is 0.394. The lowest BCUT2D eigenvalue weighted by molar-refractivity contribution is -0.143. The third-order valence-corrected chi connectivity index (χ3v) is 4.93. The molecule has 3 rings (SSSR count). The molecule has 0 atom stereocenters. The second-order valence-corrected chi connectivity index (χ2v) is 7.20. The van der Waals surface area contributed by atoms with E-state index in [2.05, 4.69) is 25.6 Å². The molecular formula is C21H24N8O5.